The molecule has 0 saturated carbocycles. The van der Waals surface area contributed by atoms with Crippen LogP contribution >= 0.6 is 11.9 Å². The van der Waals surface area contributed by atoms with Gasteiger partial charge in [0.15, 0.2) is 11.6 Å². The van der Waals surface area contributed by atoms with Crippen LogP contribution in [-0.2, 0) is 6.42 Å². The molecule has 0 aliphatic carbocycles. The average molecular weight is 471 g/mol. The molecule has 3 heterocycles. The van der Waals surface area contributed by atoms with E-state index in [9.17, 15) is 4.39 Å². The predicted molar refractivity (Wildman–Crippen MR) is 123 cm³/mol. The largest absolute Gasteiger partial charge is 0.494 e. The molecule has 1 N–H and O–H groups in total. The minimum absolute atomic E-state index is 0.0504. The van der Waals surface area contributed by atoms with Crippen LogP contribution in [0.25, 0.3) is 17.3 Å². The minimum Gasteiger partial charge on any atom is -0.494 e. The van der Waals surface area contributed by atoms with Gasteiger partial charge in [-0.25, -0.2) is 14.4 Å². The number of halogens is 1. The van der Waals surface area contributed by atoms with Gasteiger partial charge in [0.1, 0.15) is 28.8 Å². The summed E-state index contributed by atoms with van der Waals surface area (Å²) in [6.07, 6.45) is 2.86. The van der Waals surface area contributed by atoms with Gasteiger partial charge >= 0.3 is 0 Å². The van der Waals surface area contributed by atoms with Gasteiger partial charge in [0.2, 0.25) is 11.8 Å². The van der Waals surface area contributed by atoms with Crippen molar-refractivity contribution in [2.45, 2.75) is 25.5 Å². The molecule has 11 heteroatoms. The van der Waals surface area contributed by atoms with Gasteiger partial charge in [-0.05, 0) is 43.1 Å². The molecule has 0 saturated heterocycles. The SMILES string of the molecule is COc1cccc(OC)c1-n1c(NSC(C)Cc2ncc(F)cn2)nnc1-c1ccc(C)o1. The van der Waals surface area contributed by atoms with Gasteiger partial charge in [-0.1, -0.05) is 13.0 Å². The molecule has 4 aromatic rings. The van der Waals surface area contributed by atoms with Crippen molar-refractivity contribution in [3.8, 4) is 28.8 Å². The number of nitrogens with zero attached hydrogens (tertiary/aromatic N) is 5. The molecule has 0 aliphatic rings. The van der Waals surface area contributed by atoms with Gasteiger partial charge in [0.05, 0.1) is 26.6 Å². The molecule has 1 unspecified atom stereocenters. The third-order valence-corrected chi connectivity index (χ3v) is 5.61. The van der Waals surface area contributed by atoms with E-state index in [-0.39, 0.29) is 5.25 Å². The Hall–Kier alpha value is -3.60. The van der Waals surface area contributed by atoms with E-state index in [0.29, 0.717) is 47.0 Å². The molecule has 9 nitrogen and oxygen atoms in total. The maximum atomic E-state index is 13.1. The van der Waals surface area contributed by atoms with Gasteiger partial charge in [0.25, 0.3) is 0 Å². The molecule has 33 heavy (non-hydrogen) atoms. The first-order chi connectivity index (χ1) is 16.0. The predicted octanol–water partition coefficient (Wildman–Crippen LogP) is 4.47. The summed E-state index contributed by atoms with van der Waals surface area (Å²) in [5.41, 5.74) is 0.633. The second-order valence-electron chi connectivity index (χ2n) is 7.16. The van der Waals surface area contributed by atoms with Crippen LogP contribution in [0.5, 0.6) is 11.5 Å². The highest BCUT2D eigenvalue weighted by Crippen LogP contribution is 2.38. The third kappa shape index (κ3) is 4.92. The van der Waals surface area contributed by atoms with Crippen molar-refractivity contribution < 1.29 is 18.3 Å². The zero-order valence-electron chi connectivity index (χ0n) is 18.6. The quantitative estimate of drug-likeness (QED) is 0.355. The second kappa shape index (κ2) is 9.90. The second-order valence-corrected chi connectivity index (χ2v) is 8.40. The Bertz CT molecular complexity index is 1210. The summed E-state index contributed by atoms with van der Waals surface area (Å²) in [4.78, 5) is 8.05. The summed E-state index contributed by atoms with van der Waals surface area (Å²) in [6.45, 7) is 3.87. The average Bonchev–Trinajstić information content (AvgIpc) is 3.44. The van der Waals surface area contributed by atoms with E-state index in [4.69, 9.17) is 13.9 Å². The number of aromatic nitrogens is 5. The van der Waals surface area contributed by atoms with Crippen LogP contribution < -0.4 is 14.2 Å². The van der Waals surface area contributed by atoms with Gasteiger partial charge in [-0.3, -0.25) is 9.29 Å². The fourth-order valence-corrected chi connectivity index (χ4v) is 3.90. The zero-order valence-corrected chi connectivity index (χ0v) is 19.4. The van der Waals surface area contributed by atoms with Crippen LogP contribution in [0.15, 0.2) is 47.1 Å². The zero-order chi connectivity index (χ0) is 23.4. The fraction of sp³-hybridized carbons (Fsp3) is 0.273. The lowest BCUT2D eigenvalue weighted by molar-refractivity contribution is 0.391. The molecule has 0 spiro atoms. The molecule has 172 valence electrons. The van der Waals surface area contributed by atoms with Gasteiger partial charge in [0, 0.05) is 11.7 Å². The van der Waals surface area contributed by atoms with Crippen molar-refractivity contribution in [2.75, 3.05) is 18.9 Å². The van der Waals surface area contributed by atoms with Gasteiger partial charge in [-0.15, -0.1) is 10.2 Å². The van der Waals surface area contributed by atoms with Crippen LogP contribution in [0.3, 0.4) is 0 Å². The normalized spacial score (nSPS) is 11.9. The van der Waals surface area contributed by atoms with E-state index in [2.05, 4.69) is 24.9 Å². The molecule has 3 aromatic heterocycles. The highest BCUT2D eigenvalue weighted by atomic mass is 32.2. The number of aryl methyl sites for hydroxylation is 1. The van der Waals surface area contributed by atoms with E-state index in [1.54, 1.807) is 18.8 Å². The molecular weight excluding hydrogens is 447 g/mol. The number of ether oxygens (including phenoxy) is 2. The fourth-order valence-electron chi connectivity index (χ4n) is 3.23. The molecule has 0 amide bonds. The number of anilines is 1. The Morgan fingerprint density at radius 3 is 2.39 bits per heavy atom. The monoisotopic (exact) mass is 470 g/mol. The number of hydrogen-bond acceptors (Lipinski definition) is 9. The first-order valence-corrected chi connectivity index (χ1v) is 11.0. The molecule has 0 aliphatic heterocycles. The summed E-state index contributed by atoms with van der Waals surface area (Å²) in [6, 6.07) is 9.21. The molecule has 0 fully saturated rings. The lowest BCUT2D eigenvalue weighted by Crippen LogP contribution is -2.11. The summed E-state index contributed by atoms with van der Waals surface area (Å²) < 4.78 is 35.2. The third-order valence-electron chi connectivity index (χ3n) is 4.74. The molecule has 0 bridgehead atoms. The number of rotatable bonds is 9. The van der Waals surface area contributed by atoms with Crippen LogP contribution in [0, 0.1) is 12.7 Å². The Morgan fingerprint density at radius 2 is 1.79 bits per heavy atom. The van der Waals surface area contributed by atoms with Crippen LogP contribution in [-0.4, -0.2) is 44.2 Å². The highest BCUT2D eigenvalue weighted by Gasteiger charge is 2.24. The smallest absolute Gasteiger partial charge is 0.239 e. The van der Waals surface area contributed by atoms with E-state index in [1.165, 1.54) is 11.9 Å². The van der Waals surface area contributed by atoms with E-state index < -0.39 is 5.82 Å². The van der Waals surface area contributed by atoms with Crippen molar-refractivity contribution in [1.82, 2.24) is 24.7 Å². The first-order valence-electron chi connectivity index (χ1n) is 10.1. The van der Waals surface area contributed by atoms with E-state index in [0.717, 1.165) is 18.2 Å². The molecule has 4 rings (SSSR count). The van der Waals surface area contributed by atoms with E-state index >= 15 is 0 Å². The maximum Gasteiger partial charge on any atom is 0.239 e. The Kier molecular flexibility index (Phi) is 6.78. The number of nitrogens with one attached hydrogen (secondary N) is 1. The standard InChI is InChI=1S/C22H23FN6O3S/c1-13-8-9-18(32-13)21-26-27-22(28-33-14(2)10-19-24-11-15(23)12-25-19)29(21)20-16(30-3)6-5-7-17(20)31-4/h5-9,11-12,14H,10H2,1-4H3,(H,27,28). The van der Waals surface area contributed by atoms with Gasteiger partial charge < -0.3 is 13.9 Å². The molecule has 0 radical (unpaired) electrons. The van der Waals surface area contributed by atoms with Crippen LogP contribution in [0.4, 0.5) is 10.3 Å². The Balaban J connectivity index is 1.68. The first kappa shape index (κ1) is 22.6. The summed E-state index contributed by atoms with van der Waals surface area (Å²) in [5, 5.41) is 8.76. The van der Waals surface area contributed by atoms with Crippen molar-refractivity contribution >= 4 is 17.9 Å². The van der Waals surface area contributed by atoms with Crippen molar-refractivity contribution in [2.24, 2.45) is 0 Å². The number of para-hydroxylation sites is 1. The maximum absolute atomic E-state index is 13.1. The number of benzene rings is 1. The van der Waals surface area contributed by atoms with Crippen molar-refractivity contribution in [1.29, 1.82) is 0 Å². The minimum atomic E-state index is -0.461. The number of methoxy groups -OCH3 is 2. The van der Waals surface area contributed by atoms with Crippen molar-refractivity contribution in [3.63, 3.8) is 0 Å². The Morgan fingerprint density at radius 1 is 1.09 bits per heavy atom. The van der Waals surface area contributed by atoms with Crippen LogP contribution in [0.2, 0.25) is 0 Å². The molecular formula is C22H23FN6O3S. The summed E-state index contributed by atoms with van der Waals surface area (Å²) in [7, 11) is 3.18. The summed E-state index contributed by atoms with van der Waals surface area (Å²) >= 11 is 1.42. The molecule has 1 aromatic carbocycles. The van der Waals surface area contributed by atoms with E-state index in [1.807, 2.05) is 44.2 Å². The topological polar surface area (TPSA) is 100 Å². The lowest BCUT2D eigenvalue weighted by Gasteiger charge is -2.17. The van der Waals surface area contributed by atoms with Crippen molar-refractivity contribution in [3.05, 3.63) is 60.1 Å². The lowest BCUT2D eigenvalue weighted by atomic mass is 10.2. The highest BCUT2D eigenvalue weighted by molar-refractivity contribution is 8.01. The van der Waals surface area contributed by atoms with Gasteiger partial charge in [-0.2, -0.15) is 0 Å². The number of furan rings is 1. The molecule has 1 atom stereocenters. The van der Waals surface area contributed by atoms with Crippen LogP contribution in [0.1, 0.15) is 18.5 Å². The summed E-state index contributed by atoms with van der Waals surface area (Å²) in [5.74, 6) is 3.51. The Labute approximate surface area is 194 Å². The number of hydrogen-bond donors (Lipinski definition) is 1.